The van der Waals surface area contributed by atoms with E-state index in [4.69, 9.17) is 10.8 Å². The molecule has 0 aliphatic heterocycles. The number of aryl methyl sites for hydroxylation is 1. The Morgan fingerprint density at radius 1 is 1.64 bits per heavy atom. The maximum atomic E-state index is 10.5. The molecule has 1 aromatic carbocycles. The summed E-state index contributed by atoms with van der Waals surface area (Å²) in [6.07, 6.45) is -0.0535. The second-order valence-electron chi connectivity index (χ2n) is 3.23. The molecule has 0 aliphatic rings. The van der Waals surface area contributed by atoms with Crippen LogP contribution in [-0.4, -0.2) is 11.1 Å². The fourth-order valence-electron chi connectivity index (χ4n) is 1.25. The fourth-order valence-corrected chi connectivity index (χ4v) is 1.79. The molecular formula is C10H12BrNO2. The first kappa shape index (κ1) is 11.2. The number of benzene rings is 1. The van der Waals surface area contributed by atoms with Gasteiger partial charge < -0.3 is 10.8 Å². The monoisotopic (exact) mass is 257 g/mol. The number of halogens is 1. The molecule has 3 nitrogen and oxygen atoms in total. The summed E-state index contributed by atoms with van der Waals surface area (Å²) < 4.78 is 0.858. The van der Waals surface area contributed by atoms with E-state index in [-0.39, 0.29) is 6.42 Å². The van der Waals surface area contributed by atoms with Crippen LogP contribution < -0.4 is 5.73 Å². The van der Waals surface area contributed by atoms with Gasteiger partial charge in [0, 0.05) is 10.5 Å². The summed E-state index contributed by atoms with van der Waals surface area (Å²) in [5.74, 6) is -0.883. The number of aliphatic carboxylic acids is 1. The van der Waals surface area contributed by atoms with Crippen molar-refractivity contribution in [1.29, 1.82) is 0 Å². The Morgan fingerprint density at radius 3 is 2.86 bits per heavy atom. The van der Waals surface area contributed by atoms with Gasteiger partial charge in [0.15, 0.2) is 0 Å². The Labute approximate surface area is 91.1 Å². The predicted octanol–water partition coefficient (Wildman–Crippen LogP) is 2.23. The molecule has 0 heterocycles. The molecule has 4 heteroatoms. The molecular weight excluding hydrogens is 246 g/mol. The molecule has 1 atom stereocenters. The van der Waals surface area contributed by atoms with Gasteiger partial charge in [0.05, 0.1) is 6.42 Å². The summed E-state index contributed by atoms with van der Waals surface area (Å²) in [6.45, 7) is 1.95. The van der Waals surface area contributed by atoms with Crippen LogP contribution in [0.3, 0.4) is 0 Å². The normalized spacial score (nSPS) is 12.5. The first-order chi connectivity index (χ1) is 6.50. The van der Waals surface area contributed by atoms with Crippen LogP contribution in [0, 0.1) is 6.92 Å². The molecule has 0 radical (unpaired) electrons. The standard InChI is InChI=1S/C10H12BrNO2/c1-6-2-3-8(11)7(4-6)9(12)5-10(13)14/h2-4,9H,5,12H2,1H3,(H,13,14). The van der Waals surface area contributed by atoms with Crippen LogP contribution >= 0.6 is 15.9 Å². The fraction of sp³-hybridized carbons (Fsp3) is 0.300. The first-order valence-electron chi connectivity index (χ1n) is 4.24. The first-order valence-corrected chi connectivity index (χ1v) is 5.03. The van der Waals surface area contributed by atoms with Gasteiger partial charge in [0.1, 0.15) is 0 Å². The van der Waals surface area contributed by atoms with Crippen molar-refractivity contribution in [2.24, 2.45) is 5.73 Å². The molecule has 0 amide bonds. The van der Waals surface area contributed by atoms with Gasteiger partial charge in [-0.15, -0.1) is 0 Å². The van der Waals surface area contributed by atoms with Gasteiger partial charge >= 0.3 is 5.97 Å². The topological polar surface area (TPSA) is 63.3 Å². The van der Waals surface area contributed by atoms with E-state index in [9.17, 15) is 4.79 Å². The molecule has 0 aromatic heterocycles. The van der Waals surface area contributed by atoms with Gasteiger partial charge in [-0.3, -0.25) is 4.79 Å². The van der Waals surface area contributed by atoms with E-state index in [0.717, 1.165) is 15.6 Å². The highest BCUT2D eigenvalue weighted by molar-refractivity contribution is 9.10. The minimum absolute atomic E-state index is 0.0535. The Hall–Kier alpha value is -0.870. The zero-order valence-corrected chi connectivity index (χ0v) is 9.41. The lowest BCUT2D eigenvalue weighted by Crippen LogP contribution is -2.15. The third kappa shape index (κ3) is 2.82. The molecule has 0 spiro atoms. The van der Waals surface area contributed by atoms with Gasteiger partial charge in [-0.05, 0) is 18.6 Å². The van der Waals surface area contributed by atoms with Crippen LogP contribution in [0.5, 0.6) is 0 Å². The van der Waals surface area contributed by atoms with Crippen molar-refractivity contribution < 1.29 is 9.90 Å². The molecule has 14 heavy (non-hydrogen) atoms. The van der Waals surface area contributed by atoms with E-state index < -0.39 is 12.0 Å². The quantitative estimate of drug-likeness (QED) is 0.873. The van der Waals surface area contributed by atoms with E-state index in [1.165, 1.54) is 0 Å². The van der Waals surface area contributed by atoms with Crippen LogP contribution in [0.2, 0.25) is 0 Å². The molecule has 76 valence electrons. The summed E-state index contributed by atoms with van der Waals surface area (Å²) in [6, 6.07) is 5.27. The van der Waals surface area contributed by atoms with Gasteiger partial charge in [-0.25, -0.2) is 0 Å². The maximum absolute atomic E-state index is 10.5. The van der Waals surface area contributed by atoms with Crippen molar-refractivity contribution in [2.45, 2.75) is 19.4 Å². The van der Waals surface area contributed by atoms with Crippen LogP contribution in [0.15, 0.2) is 22.7 Å². The average Bonchev–Trinajstić information content (AvgIpc) is 2.08. The second-order valence-corrected chi connectivity index (χ2v) is 4.08. The third-order valence-electron chi connectivity index (χ3n) is 1.95. The number of carboxylic acid groups (broad SMARTS) is 1. The Bertz CT molecular complexity index is 352. The summed E-state index contributed by atoms with van der Waals surface area (Å²) in [5, 5.41) is 8.61. The van der Waals surface area contributed by atoms with Crippen LogP contribution in [0.1, 0.15) is 23.6 Å². The zero-order valence-electron chi connectivity index (χ0n) is 7.83. The van der Waals surface area contributed by atoms with Crippen molar-refractivity contribution in [3.05, 3.63) is 33.8 Å². The number of nitrogens with two attached hydrogens (primary N) is 1. The lowest BCUT2D eigenvalue weighted by molar-refractivity contribution is -0.137. The summed E-state index contributed by atoms with van der Waals surface area (Å²) in [5.41, 5.74) is 7.67. The summed E-state index contributed by atoms with van der Waals surface area (Å²) >= 11 is 3.35. The molecule has 0 fully saturated rings. The smallest absolute Gasteiger partial charge is 0.305 e. The minimum Gasteiger partial charge on any atom is -0.481 e. The number of carbonyl (C=O) groups is 1. The largest absolute Gasteiger partial charge is 0.481 e. The van der Waals surface area contributed by atoms with E-state index in [1.807, 2.05) is 25.1 Å². The van der Waals surface area contributed by atoms with E-state index >= 15 is 0 Å². The highest BCUT2D eigenvalue weighted by atomic mass is 79.9. The lowest BCUT2D eigenvalue weighted by Gasteiger charge is -2.12. The predicted molar refractivity (Wildman–Crippen MR) is 58.1 cm³/mol. The number of hydrogen-bond donors (Lipinski definition) is 2. The van der Waals surface area contributed by atoms with Crippen molar-refractivity contribution in [1.82, 2.24) is 0 Å². The van der Waals surface area contributed by atoms with Gasteiger partial charge in [0.25, 0.3) is 0 Å². The zero-order chi connectivity index (χ0) is 10.7. The molecule has 1 aromatic rings. The Kier molecular flexibility index (Phi) is 3.66. The SMILES string of the molecule is Cc1ccc(Br)c(C(N)CC(=O)O)c1. The molecule has 0 bridgehead atoms. The molecule has 0 saturated heterocycles. The van der Waals surface area contributed by atoms with Crippen LogP contribution in [0.25, 0.3) is 0 Å². The molecule has 0 aliphatic carbocycles. The van der Waals surface area contributed by atoms with Crippen LogP contribution in [-0.2, 0) is 4.79 Å². The van der Waals surface area contributed by atoms with Crippen molar-refractivity contribution in [2.75, 3.05) is 0 Å². The van der Waals surface area contributed by atoms with Crippen molar-refractivity contribution >= 4 is 21.9 Å². The molecule has 0 saturated carbocycles. The van der Waals surface area contributed by atoms with Crippen molar-refractivity contribution in [3.8, 4) is 0 Å². The van der Waals surface area contributed by atoms with Crippen molar-refractivity contribution in [3.63, 3.8) is 0 Å². The summed E-state index contributed by atoms with van der Waals surface area (Å²) in [4.78, 5) is 10.5. The Morgan fingerprint density at radius 2 is 2.29 bits per heavy atom. The second kappa shape index (κ2) is 4.57. The van der Waals surface area contributed by atoms with E-state index in [0.29, 0.717) is 0 Å². The third-order valence-corrected chi connectivity index (χ3v) is 2.67. The lowest BCUT2D eigenvalue weighted by atomic mass is 10.0. The van der Waals surface area contributed by atoms with Crippen LogP contribution in [0.4, 0.5) is 0 Å². The van der Waals surface area contributed by atoms with E-state index in [1.54, 1.807) is 0 Å². The van der Waals surface area contributed by atoms with Gasteiger partial charge in [-0.1, -0.05) is 33.6 Å². The Balaban J connectivity index is 2.93. The highest BCUT2D eigenvalue weighted by Gasteiger charge is 2.13. The maximum Gasteiger partial charge on any atom is 0.305 e. The van der Waals surface area contributed by atoms with E-state index in [2.05, 4.69) is 15.9 Å². The summed E-state index contributed by atoms with van der Waals surface area (Å²) in [7, 11) is 0. The van der Waals surface area contributed by atoms with Gasteiger partial charge in [0.2, 0.25) is 0 Å². The van der Waals surface area contributed by atoms with Gasteiger partial charge in [-0.2, -0.15) is 0 Å². The minimum atomic E-state index is -0.883. The number of hydrogen-bond acceptors (Lipinski definition) is 2. The molecule has 1 rings (SSSR count). The highest BCUT2D eigenvalue weighted by Crippen LogP contribution is 2.24. The molecule has 1 unspecified atom stereocenters. The molecule has 3 N–H and O–H groups in total. The average molecular weight is 258 g/mol. The number of rotatable bonds is 3. The number of carboxylic acids is 1.